The molecule has 80 valence electrons. The zero-order valence-corrected chi connectivity index (χ0v) is 11.3. The molecule has 0 heterocycles. The molecule has 0 radical (unpaired) electrons. The number of hydrogen-bond donors (Lipinski definition) is 1. The number of halogens is 2. The number of benzene rings is 1. The molecule has 0 saturated heterocycles. The molecule has 2 rings (SSSR count). The van der Waals surface area contributed by atoms with Crippen LogP contribution >= 0.6 is 31.9 Å². The van der Waals surface area contributed by atoms with Gasteiger partial charge in [0.2, 0.25) is 0 Å². The molecule has 2 nitrogen and oxygen atoms in total. The van der Waals surface area contributed by atoms with Gasteiger partial charge in [-0.2, -0.15) is 0 Å². The number of aromatic carboxylic acids is 1. The van der Waals surface area contributed by atoms with Gasteiger partial charge in [-0.3, -0.25) is 0 Å². The lowest BCUT2D eigenvalue weighted by Crippen LogP contribution is -2.09. The maximum Gasteiger partial charge on any atom is 0.335 e. The van der Waals surface area contributed by atoms with Crippen LogP contribution in [0.2, 0.25) is 0 Å². The lowest BCUT2D eigenvalue weighted by molar-refractivity contribution is 0.0697. The van der Waals surface area contributed by atoms with Crippen molar-refractivity contribution in [3.63, 3.8) is 0 Å². The fraction of sp³-hybridized carbons (Fsp3) is 0.364. The van der Waals surface area contributed by atoms with Crippen molar-refractivity contribution in [3.8, 4) is 0 Å². The van der Waals surface area contributed by atoms with E-state index in [1.807, 2.05) is 12.1 Å². The summed E-state index contributed by atoms with van der Waals surface area (Å²) in [7, 11) is 0. The summed E-state index contributed by atoms with van der Waals surface area (Å²) in [5, 5.41) is 8.78. The Labute approximate surface area is 105 Å². The average molecular weight is 334 g/mol. The molecule has 1 saturated carbocycles. The third kappa shape index (κ3) is 1.74. The molecule has 0 bridgehead atoms. The lowest BCUT2D eigenvalue weighted by atomic mass is 9.97. The van der Waals surface area contributed by atoms with Crippen molar-refractivity contribution in [1.29, 1.82) is 0 Å². The van der Waals surface area contributed by atoms with Crippen molar-refractivity contribution in [2.45, 2.75) is 22.0 Å². The predicted octanol–water partition coefficient (Wildman–Crippen LogP) is 3.53. The van der Waals surface area contributed by atoms with Gasteiger partial charge in [0.05, 0.1) is 8.80 Å². The highest BCUT2D eigenvalue weighted by atomic mass is 79.9. The Hall–Kier alpha value is -0.350. The standard InChI is InChI=1S/C11H10Br2O2/c1-10(6-11(10,12)13)8-4-2-7(3-5-8)9(14)15/h2-5H,6H2,1H3,(H,14,15)/t10-/m1/s1. The molecule has 0 aliphatic heterocycles. The highest BCUT2D eigenvalue weighted by molar-refractivity contribution is 9.25. The van der Waals surface area contributed by atoms with Crippen LogP contribution in [0.4, 0.5) is 0 Å². The SMILES string of the molecule is C[C@]1(c2ccc(C(=O)O)cc2)CC1(Br)Br. The van der Waals surface area contributed by atoms with Crippen molar-refractivity contribution in [2.24, 2.45) is 0 Å². The first-order valence-corrected chi connectivity index (χ1v) is 6.17. The van der Waals surface area contributed by atoms with Gasteiger partial charge >= 0.3 is 5.97 Å². The van der Waals surface area contributed by atoms with E-state index in [2.05, 4.69) is 38.8 Å². The number of carboxylic acid groups (broad SMARTS) is 1. The van der Waals surface area contributed by atoms with Gasteiger partial charge in [0.15, 0.2) is 0 Å². The Morgan fingerprint density at radius 2 is 1.80 bits per heavy atom. The minimum Gasteiger partial charge on any atom is -0.478 e. The van der Waals surface area contributed by atoms with Gasteiger partial charge in [0, 0.05) is 5.41 Å². The highest BCUT2D eigenvalue weighted by Crippen LogP contribution is 2.66. The van der Waals surface area contributed by atoms with Crippen LogP contribution < -0.4 is 0 Å². The van der Waals surface area contributed by atoms with Crippen LogP contribution in [0.3, 0.4) is 0 Å². The summed E-state index contributed by atoms with van der Waals surface area (Å²) in [6.45, 7) is 2.15. The molecule has 1 aromatic rings. The average Bonchev–Trinajstić information content (AvgIpc) is 2.67. The van der Waals surface area contributed by atoms with Gasteiger partial charge in [-0.1, -0.05) is 50.9 Å². The molecule has 1 aromatic carbocycles. The van der Waals surface area contributed by atoms with Crippen LogP contribution in [0, 0.1) is 0 Å². The van der Waals surface area contributed by atoms with E-state index in [1.54, 1.807) is 12.1 Å². The van der Waals surface area contributed by atoms with E-state index in [0.717, 1.165) is 12.0 Å². The van der Waals surface area contributed by atoms with Gasteiger partial charge < -0.3 is 5.11 Å². The van der Waals surface area contributed by atoms with Crippen LogP contribution in [0.15, 0.2) is 24.3 Å². The second-order valence-electron chi connectivity index (χ2n) is 4.10. The molecule has 1 aliphatic carbocycles. The van der Waals surface area contributed by atoms with E-state index in [0.29, 0.717) is 5.56 Å². The minimum atomic E-state index is -0.883. The first-order chi connectivity index (χ1) is 6.87. The van der Waals surface area contributed by atoms with Crippen molar-refractivity contribution >= 4 is 37.8 Å². The summed E-state index contributed by atoms with van der Waals surface area (Å²) in [6, 6.07) is 7.07. The molecular weight excluding hydrogens is 324 g/mol. The molecule has 1 N–H and O–H groups in total. The smallest absolute Gasteiger partial charge is 0.335 e. The van der Waals surface area contributed by atoms with E-state index < -0.39 is 5.97 Å². The second-order valence-corrected chi connectivity index (χ2v) is 7.87. The first kappa shape index (κ1) is 11.1. The van der Waals surface area contributed by atoms with Crippen LogP contribution in [0.1, 0.15) is 29.3 Å². The molecule has 0 aromatic heterocycles. The highest BCUT2D eigenvalue weighted by Gasteiger charge is 2.62. The Kier molecular flexibility index (Phi) is 2.47. The zero-order chi connectivity index (χ0) is 11.3. The van der Waals surface area contributed by atoms with Crippen LogP contribution in [0.25, 0.3) is 0 Å². The molecule has 0 unspecified atom stereocenters. The van der Waals surface area contributed by atoms with Gasteiger partial charge in [-0.15, -0.1) is 0 Å². The number of rotatable bonds is 2. The summed E-state index contributed by atoms with van der Waals surface area (Å²) in [5.41, 5.74) is 1.54. The van der Waals surface area contributed by atoms with Gasteiger partial charge in [0.25, 0.3) is 0 Å². The third-order valence-corrected chi connectivity index (χ3v) is 5.34. The molecule has 4 heteroatoms. The Morgan fingerprint density at radius 1 is 1.33 bits per heavy atom. The normalized spacial score (nSPS) is 27.4. The summed E-state index contributed by atoms with van der Waals surface area (Å²) in [5.74, 6) is -0.883. The third-order valence-electron chi connectivity index (χ3n) is 3.03. The summed E-state index contributed by atoms with van der Waals surface area (Å²) in [4.78, 5) is 10.7. The van der Waals surface area contributed by atoms with E-state index in [4.69, 9.17) is 5.11 Å². The number of hydrogen-bond acceptors (Lipinski definition) is 1. The summed E-state index contributed by atoms with van der Waals surface area (Å²) >= 11 is 7.19. The fourth-order valence-electron chi connectivity index (χ4n) is 1.69. The monoisotopic (exact) mass is 332 g/mol. The quantitative estimate of drug-likeness (QED) is 0.840. The molecule has 1 fully saturated rings. The Morgan fingerprint density at radius 3 is 2.13 bits per heavy atom. The van der Waals surface area contributed by atoms with E-state index in [-0.39, 0.29) is 8.65 Å². The Balaban J connectivity index is 2.30. The van der Waals surface area contributed by atoms with Crippen molar-refractivity contribution in [3.05, 3.63) is 35.4 Å². The number of alkyl halides is 2. The second kappa shape index (κ2) is 3.32. The summed E-state index contributed by atoms with van der Waals surface area (Å²) < 4.78 is -0.0300. The van der Waals surface area contributed by atoms with Gasteiger partial charge in [-0.25, -0.2) is 4.79 Å². The topological polar surface area (TPSA) is 37.3 Å². The van der Waals surface area contributed by atoms with Crippen LogP contribution in [-0.2, 0) is 5.41 Å². The van der Waals surface area contributed by atoms with Crippen molar-refractivity contribution in [2.75, 3.05) is 0 Å². The van der Waals surface area contributed by atoms with E-state index in [9.17, 15) is 4.79 Å². The van der Waals surface area contributed by atoms with Gasteiger partial charge in [0.1, 0.15) is 0 Å². The molecule has 1 atom stereocenters. The largest absolute Gasteiger partial charge is 0.478 e. The predicted molar refractivity (Wildman–Crippen MR) is 66.0 cm³/mol. The van der Waals surface area contributed by atoms with E-state index >= 15 is 0 Å². The minimum absolute atomic E-state index is 0.0300. The summed E-state index contributed by atoms with van der Waals surface area (Å²) in [6.07, 6.45) is 1.01. The van der Waals surface area contributed by atoms with Crippen LogP contribution in [0.5, 0.6) is 0 Å². The molecule has 1 aliphatic rings. The molecule has 0 spiro atoms. The molecular formula is C11H10Br2O2. The van der Waals surface area contributed by atoms with Crippen molar-refractivity contribution in [1.82, 2.24) is 0 Å². The van der Waals surface area contributed by atoms with Gasteiger partial charge in [-0.05, 0) is 24.1 Å². The maximum atomic E-state index is 10.7. The fourth-order valence-corrected chi connectivity index (χ4v) is 3.27. The van der Waals surface area contributed by atoms with Crippen LogP contribution in [-0.4, -0.2) is 14.3 Å². The first-order valence-electron chi connectivity index (χ1n) is 4.58. The van der Waals surface area contributed by atoms with Crippen molar-refractivity contribution < 1.29 is 9.90 Å². The Bertz CT molecular complexity index is 411. The number of carbonyl (C=O) groups is 1. The zero-order valence-electron chi connectivity index (χ0n) is 8.13. The molecule has 0 amide bonds. The maximum absolute atomic E-state index is 10.7. The molecule has 15 heavy (non-hydrogen) atoms. The lowest BCUT2D eigenvalue weighted by Gasteiger charge is -2.12. The van der Waals surface area contributed by atoms with E-state index in [1.165, 1.54) is 0 Å². The number of carboxylic acids is 1.